The molecule has 1 atom stereocenters. The number of hydrogen-bond acceptors (Lipinski definition) is 4. The first-order valence-corrected chi connectivity index (χ1v) is 5.82. The van der Waals surface area contributed by atoms with E-state index in [1.54, 1.807) is 0 Å². The lowest BCUT2D eigenvalue weighted by molar-refractivity contribution is 0.281. The molecule has 0 aliphatic rings. The van der Waals surface area contributed by atoms with Crippen molar-refractivity contribution in [2.75, 3.05) is 11.9 Å². The number of aliphatic hydroxyl groups is 1. The van der Waals surface area contributed by atoms with Crippen LogP contribution in [0.1, 0.15) is 45.0 Å². The molecule has 0 radical (unpaired) electrons. The number of anilines is 1. The van der Waals surface area contributed by atoms with Crippen molar-refractivity contribution in [2.45, 2.75) is 46.1 Å². The van der Waals surface area contributed by atoms with Crippen molar-refractivity contribution in [1.29, 1.82) is 0 Å². The van der Waals surface area contributed by atoms with Crippen molar-refractivity contribution in [3.63, 3.8) is 0 Å². The normalized spacial score (nSPS) is 12.9. The molecule has 4 nitrogen and oxygen atoms in total. The summed E-state index contributed by atoms with van der Waals surface area (Å²) in [7, 11) is 0. The molecule has 1 aromatic heterocycles. The van der Waals surface area contributed by atoms with Crippen LogP contribution >= 0.6 is 0 Å². The van der Waals surface area contributed by atoms with E-state index in [2.05, 4.69) is 36.1 Å². The Morgan fingerprint density at radius 1 is 1.31 bits per heavy atom. The molecule has 0 aliphatic carbocycles. The van der Waals surface area contributed by atoms with E-state index in [0.717, 1.165) is 17.8 Å². The number of nitrogens with zero attached hydrogens (tertiary/aromatic N) is 2. The van der Waals surface area contributed by atoms with E-state index in [4.69, 9.17) is 5.11 Å². The summed E-state index contributed by atoms with van der Waals surface area (Å²) >= 11 is 0. The van der Waals surface area contributed by atoms with Gasteiger partial charge >= 0.3 is 0 Å². The summed E-state index contributed by atoms with van der Waals surface area (Å²) in [5, 5.41) is 12.1. The van der Waals surface area contributed by atoms with Crippen LogP contribution in [0.3, 0.4) is 0 Å². The third-order valence-corrected chi connectivity index (χ3v) is 2.40. The molecule has 0 amide bonds. The van der Waals surface area contributed by atoms with Crippen molar-refractivity contribution in [2.24, 2.45) is 0 Å². The van der Waals surface area contributed by atoms with Gasteiger partial charge in [-0.15, -0.1) is 0 Å². The standard InChI is InChI=1S/C12H21N3O/c1-5-10-6-11(8(2)3)15-12(14-10)13-9(4)7-16/h6,8-9,16H,5,7H2,1-4H3,(H,13,14,15)/t9-/m1/s1. The molecule has 1 rings (SSSR count). The van der Waals surface area contributed by atoms with Gasteiger partial charge in [0.05, 0.1) is 6.61 Å². The molecule has 1 aromatic rings. The highest BCUT2D eigenvalue weighted by molar-refractivity contribution is 5.30. The molecule has 90 valence electrons. The van der Waals surface area contributed by atoms with Crippen molar-refractivity contribution in [3.8, 4) is 0 Å². The summed E-state index contributed by atoms with van der Waals surface area (Å²) in [5.41, 5.74) is 2.07. The van der Waals surface area contributed by atoms with Crippen LogP contribution in [0.2, 0.25) is 0 Å². The van der Waals surface area contributed by atoms with Crippen LogP contribution in [0.4, 0.5) is 5.95 Å². The van der Waals surface area contributed by atoms with Crippen molar-refractivity contribution in [1.82, 2.24) is 9.97 Å². The lowest BCUT2D eigenvalue weighted by Gasteiger charge is -2.14. The average molecular weight is 223 g/mol. The molecule has 2 N–H and O–H groups in total. The SMILES string of the molecule is CCc1cc(C(C)C)nc(N[C@H](C)CO)n1. The molecule has 0 aliphatic heterocycles. The molecule has 0 fully saturated rings. The van der Waals surface area contributed by atoms with Gasteiger partial charge in [-0.25, -0.2) is 9.97 Å². The number of aromatic nitrogens is 2. The molecule has 0 bridgehead atoms. The number of hydrogen-bond donors (Lipinski definition) is 2. The van der Waals surface area contributed by atoms with Gasteiger partial charge in [0.25, 0.3) is 0 Å². The fourth-order valence-corrected chi connectivity index (χ4v) is 1.33. The van der Waals surface area contributed by atoms with Gasteiger partial charge < -0.3 is 10.4 Å². The second-order valence-corrected chi connectivity index (χ2v) is 4.34. The molecular formula is C12H21N3O. The summed E-state index contributed by atoms with van der Waals surface area (Å²) in [6.45, 7) is 8.28. The second kappa shape index (κ2) is 5.80. The van der Waals surface area contributed by atoms with Gasteiger partial charge in [0.15, 0.2) is 0 Å². The van der Waals surface area contributed by atoms with E-state index in [-0.39, 0.29) is 12.6 Å². The van der Waals surface area contributed by atoms with Gasteiger partial charge in [-0.05, 0) is 25.3 Å². The van der Waals surface area contributed by atoms with Crippen molar-refractivity contribution < 1.29 is 5.11 Å². The minimum absolute atomic E-state index is 0.0212. The van der Waals surface area contributed by atoms with Crippen molar-refractivity contribution in [3.05, 3.63) is 17.5 Å². The lowest BCUT2D eigenvalue weighted by Crippen LogP contribution is -2.21. The van der Waals surface area contributed by atoms with Gasteiger partial charge in [0, 0.05) is 17.4 Å². The summed E-state index contributed by atoms with van der Waals surface area (Å²) in [6.07, 6.45) is 0.893. The zero-order valence-corrected chi connectivity index (χ0v) is 10.5. The number of nitrogens with one attached hydrogen (secondary N) is 1. The quantitative estimate of drug-likeness (QED) is 0.801. The van der Waals surface area contributed by atoms with Gasteiger partial charge in [0.2, 0.25) is 5.95 Å². The van der Waals surface area contributed by atoms with E-state index < -0.39 is 0 Å². The average Bonchev–Trinajstić information content (AvgIpc) is 2.28. The predicted molar refractivity (Wildman–Crippen MR) is 65.7 cm³/mol. The van der Waals surface area contributed by atoms with Crippen LogP contribution in [-0.2, 0) is 6.42 Å². The fraction of sp³-hybridized carbons (Fsp3) is 0.667. The number of aryl methyl sites for hydroxylation is 1. The van der Waals surface area contributed by atoms with Crippen LogP contribution in [0, 0.1) is 0 Å². The number of aliphatic hydroxyl groups excluding tert-OH is 1. The smallest absolute Gasteiger partial charge is 0.223 e. The summed E-state index contributed by atoms with van der Waals surface area (Å²) in [5.74, 6) is 1.00. The molecule has 4 heteroatoms. The number of rotatable bonds is 5. The Kier molecular flexibility index (Phi) is 4.68. The van der Waals surface area contributed by atoms with Crippen LogP contribution in [0.5, 0.6) is 0 Å². The first-order chi connectivity index (χ1) is 7.56. The van der Waals surface area contributed by atoms with Crippen LogP contribution in [0.25, 0.3) is 0 Å². The first-order valence-electron chi connectivity index (χ1n) is 5.82. The Morgan fingerprint density at radius 2 is 2.00 bits per heavy atom. The third-order valence-electron chi connectivity index (χ3n) is 2.40. The Morgan fingerprint density at radius 3 is 2.50 bits per heavy atom. The minimum Gasteiger partial charge on any atom is -0.394 e. The molecule has 0 unspecified atom stereocenters. The fourth-order valence-electron chi connectivity index (χ4n) is 1.33. The third kappa shape index (κ3) is 3.45. The second-order valence-electron chi connectivity index (χ2n) is 4.34. The van der Waals surface area contributed by atoms with Gasteiger partial charge in [-0.2, -0.15) is 0 Å². The highest BCUT2D eigenvalue weighted by Crippen LogP contribution is 2.15. The summed E-state index contributed by atoms with van der Waals surface area (Å²) in [6, 6.07) is 2.02. The van der Waals surface area contributed by atoms with E-state index in [0.29, 0.717) is 11.9 Å². The molecule has 0 aromatic carbocycles. The Hall–Kier alpha value is -1.16. The van der Waals surface area contributed by atoms with E-state index >= 15 is 0 Å². The van der Waals surface area contributed by atoms with Crippen LogP contribution < -0.4 is 5.32 Å². The highest BCUT2D eigenvalue weighted by Gasteiger charge is 2.08. The maximum atomic E-state index is 8.98. The Balaban J connectivity index is 2.95. The molecule has 1 heterocycles. The van der Waals surface area contributed by atoms with Crippen LogP contribution in [0.15, 0.2) is 6.07 Å². The molecule has 0 spiro atoms. The van der Waals surface area contributed by atoms with E-state index in [1.807, 2.05) is 13.0 Å². The predicted octanol–water partition coefficient (Wildman–Crippen LogP) is 1.96. The summed E-state index contributed by atoms with van der Waals surface area (Å²) in [4.78, 5) is 8.82. The molecule has 16 heavy (non-hydrogen) atoms. The maximum absolute atomic E-state index is 8.98. The first kappa shape index (κ1) is 12.9. The largest absolute Gasteiger partial charge is 0.394 e. The Bertz CT molecular complexity index is 339. The van der Waals surface area contributed by atoms with E-state index in [9.17, 15) is 0 Å². The van der Waals surface area contributed by atoms with Gasteiger partial charge in [-0.1, -0.05) is 20.8 Å². The Labute approximate surface area is 97.1 Å². The topological polar surface area (TPSA) is 58.0 Å². The maximum Gasteiger partial charge on any atom is 0.223 e. The summed E-state index contributed by atoms with van der Waals surface area (Å²) < 4.78 is 0. The zero-order chi connectivity index (χ0) is 12.1. The van der Waals surface area contributed by atoms with Gasteiger partial charge in [-0.3, -0.25) is 0 Å². The van der Waals surface area contributed by atoms with Crippen LogP contribution in [-0.4, -0.2) is 27.7 Å². The van der Waals surface area contributed by atoms with E-state index in [1.165, 1.54) is 0 Å². The van der Waals surface area contributed by atoms with Crippen molar-refractivity contribution >= 4 is 5.95 Å². The monoisotopic (exact) mass is 223 g/mol. The highest BCUT2D eigenvalue weighted by atomic mass is 16.3. The van der Waals surface area contributed by atoms with Gasteiger partial charge in [0.1, 0.15) is 0 Å². The molecule has 0 saturated heterocycles. The molecule has 0 saturated carbocycles. The zero-order valence-electron chi connectivity index (χ0n) is 10.5. The minimum atomic E-state index is -0.0212. The molecular weight excluding hydrogens is 202 g/mol. The lowest BCUT2D eigenvalue weighted by atomic mass is 10.1.